The highest BCUT2D eigenvalue weighted by molar-refractivity contribution is 6.00. The Morgan fingerprint density at radius 1 is 1.27 bits per heavy atom. The van der Waals surface area contributed by atoms with Crippen molar-refractivity contribution in [3.8, 4) is 11.3 Å². The highest BCUT2D eigenvalue weighted by Gasteiger charge is 2.36. The molecule has 1 saturated heterocycles. The van der Waals surface area contributed by atoms with E-state index in [0.29, 0.717) is 24.2 Å². The summed E-state index contributed by atoms with van der Waals surface area (Å²) in [4.78, 5) is 20.0. The molecule has 1 amide bonds. The summed E-state index contributed by atoms with van der Waals surface area (Å²) in [6, 6.07) is 10.2. The molecule has 1 aromatic carbocycles. The Morgan fingerprint density at radius 3 is 2.79 bits per heavy atom. The van der Waals surface area contributed by atoms with E-state index in [1.54, 1.807) is 17.0 Å². The van der Waals surface area contributed by atoms with Crippen LogP contribution < -0.4 is 0 Å². The lowest BCUT2D eigenvalue weighted by Crippen LogP contribution is -2.31. The van der Waals surface area contributed by atoms with E-state index in [9.17, 15) is 13.6 Å². The summed E-state index contributed by atoms with van der Waals surface area (Å²) in [6.45, 7) is 4.41. The first-order chi connectivity index (χ1) is 16.0. The van der Waals surface area contributed by atoms with Crippen molar-refractivity contribution in [1.82, 2.24) is 24.7 Å². The number of hydrogen-bond acceptors (Lipinski definition) is 5. The number of likely N-dealkylation sites (tertiary alicyclic amines) is 1. The van der Waals surface area contributed by atoms with Crippen LogP contribution in [0, 0.1) is 6.92 Å². The number of carbonyl (C=O) groups is 1. The van der Waals surface area contributed by atoms with Crippen molar-refractivity contribution in [2.75, 3.05) is 6.54 Å². The van der Waals surface area contributed by atoms with Crippen LogP contribution in [0.5, 0.6) is 0 Å². The van der Waals surface area contributed by atoms with Crippen molar-refractivity contribution in [3.05, 3.63) is 70.9 Å². The predicted molar refractivity (Wildman–Crippen MR) is 117 cm³/mol. The van der Waals surface area contributed by atoms with Gasteiger partial charge < -0.3 is 9.42 Å². The monoisotopic (exact) mass is 451 g/mol. The molecule has 4 aromatic rings. The average Bonchev–Trinajstić information content (AvgIpc) is 3.56. The van der Waals surface area contributed by atoms with Gasteiger partial charge in [-0.3, -0.25) is 4.79 Å². The van der Waals surface area contributed by atoms with E-state index in [1.165, 1.54) is 12.3 Å². The zero-order chi connectivity index (χ0) is 23.1. The molecule has 5 rings (SSSR count). The molecular weight excluding hydrogens is 428 g/mol. The number of nitrogens with zero attached hydrogens (tertiary/aromatic N) is 5. The van der Waals surface area contributed by atoms with Crippen LogP contribution >= 0.6 is 0 Å². The number of hydrogen-bond donors (Lipinski definition) is 0. The first-order valence-corrected chi connectivity index (χ1v) is 11.0. The Labute approximate surface area is 189 Å². The lowest BCUT2D eigenvalue weighted by atomic mass is 10.0. The van der Waals surface area contributed by atoms with E-state index < -0.39 is 6.43 Å². The van der Waals surface area contributed by atoms with Crippen LogP contribution in [-0.2, 0) is 6.42 Å². The molecule has 1 aliphatic rings. The van der Waals surface area contributed by atoms with E-state index in [1.807, 2.05) is 32.0 Å². The molecule has 0 bridgehead atoms. The molecule has 0 aliphatic carbocycles. The predicted octanol–water partition coefficient (Wildman–Crippen LogP) is 5.17. The van der Waals surface area contributed by atoms with Crippen molar-refractivity contribution in [2.24, 2.45) is 0 Å². The van der Waals surface area contributed by atoms with Crippen molar-refractivity contribution in [1.29, 1.82) is 0 Å². The molecule has 0 saturated carbocycles. The minimum absolute atomic E-state index is 0.125. The van der Waals surface area contributed by atoms with Crippen molar-refractivity contribution >= 4 is 11.6 Å². The van der Waals surface area contributed by atoms with E-state index in [2.05, 4.69) is 15.2 Å². The van der Waals surface area contributed by atoms with E-state index >= 15 is 0 Å². The van der Waals surface area contributed by atoms with Crippen molar-refractivity contribution in [2.45, 2.75) is 45.6 Å². The number of amides is 1. The first kappa shape index (κ1) is 21.2. The summed E-state index contributed by atoms with van der Waals surface area (Å²) >= 11 is 0. The van der Waals surface area contributed by atoms with Gasteiger partial charge in [0.25, 0.3) is 12.3 Å². The molecule has 1 fully saturated rings. The van der Waals surface area contributed by atoms with Crippen LogP contribution in [-0.4, -0.2) is 37.1 Å². The largest absolute Gasteiger partial charge is 0.361 e. The fraction of sp³-hybridized carbons (Fsp3) is 0.333. The Morgan fingerprint density at radius 2 is 2.06 bits per heavy atom. The Kier molecular flexibility index (Phi) is 5.39. The first-order valence-electron chi connectivity index (χ1n) is 11.0. The zero-order valence-corrected chi connectivity index (χ0v) is 18.3. The minimum atomic E-state index is -2.77. The fourth-order valence-corrected chi connectivity index (χ4v) is 4.62. The number of rotatable bonds is 5. The third-order valence-electron chi connectivity index (χ3n) is 6.17. The molecular formula is C24H23F2N5O2. The van der Waals surface area contributed by atoms with Gasteiger partial charge in [-0.2, -0.15) is 5.10 Å². The minimum Gasteiger partial charge on any atom is -0.361 e. The number of aryl methyl sites for hydroxylation is 2. The van der Waals surface area contributed by atoms with Crippen LogP contribution in [0.15, 0.2) is 47.1 Å². The molecule has 1 aliphatic heterocycles. The van der Waals surface area contributed by atoms with Crippen LogP contribution in [0.3, 0.4) is 0 Å². The summed E-state index contributed by atoms with van der Waals surface area (Å²) in [6.07, 6.45) is 0.846. The normalized spacial score (nSPS) is 16.3. The number of alkyl halides is 2. The van der Waals surface area contributed by atoms with Gasteiger partial charge >= 0.3 is 0 Å². The van der Waals surface area contributed by atoms with Crippen LogP contribution in [0.4, 0.5) is 8.78 Å². The number of benzene rings is 1. The quantitative estimate of drug-likeness (QED) is 0.418. The van der Waals surface area contributed by atoms with Crippen LogP contribution in [0.2, 0.25) is 0 Å². The number of fused-ring (bicyclic) bond motifs is 1. The molecule has 4 heterocycles. The highest BCUT2D eigenvalue weighted by atomic mass is 19.3. The summed E-state index contributed by atoms with van der Waals surface area (Å²) in [7, 11) is 0. The summed E-state index contributed by atoms with van der Waals surface area (Å²) < 4.78 is 34.3. The second-order valence-electron chi connectivity index (χ2n) is 8.14. The Bertz CT molecular complexity index is 1320. The Hall–Kier alpha value is -3.62. The molecule has 7 nitrogen and oxygen atoms in total. The third kappa shape index (κ3) is 3.57. The number of halogens is 2. The Balaban J connectivity index is 1.60. The van der Waals surface area contributed by atoms with Gasteiger partial charge in [0.05, 0.1) is 23.6 Å². The van der Waals surface area contributed by atoms with E-state index in [0.717, 1.165) is 34.4 Å². The molecule has 0 radical (unpaired) electrons. The molecule has 0 N–H and O–H groups in total. The van der Waals surface area contributed by atoms with Gasteiger partial charge in [0.15, 0.2) is 5.65 Å². The molecule has 0 spiro atoms. The molecule has 170 valence electrons. The summed E-state index contributed by atoms with van der Waals surface area (Å²) in [5.41, 5.74) is 2.78. The van der Waals surface area contributed by atoms with Crippen molar-refractivity contribution in [3.63, 3.8) is 0 Å². The van der Waals surface area contributed by atoms with Gasteiger partial charge in [-0.15, -0.1) is 0 Å². The summed E-state index contributed by atoms with van der Waals surface area (Å²) in [5.74, 6) is 0.481. The third-order valence-corrected chi connectivity index (χ3v) is 6.17. The molecule has 9 heteroatoms. The molecule has 0 unspecified atom stereocenters. The standard InChI is InChI=1S/C24H23F2N5O2/c1-3-20-21(14(2)29-33-20)18-10-7-11-30(18)24(32)16-13-27-31-19(22(25)26)12-17(28-23(16)31)15-8-5-4-6-9-15/h4-6,8-9,12-13,18,22H,3,7,10-11H2,1-2H3/t18-/m1/s1. The molecule has 1 atom stereocenters. The zero-order valence-electron chi connectivity index (χ0n) is 18.3. The van der Waals surface area contributed by atoms with Gasteiger partial charge in [-0.1, -0.05) is 42.4 Å². The number of carbonyl (C=O) groups excluding carboxylic acids is 1. The highest BCUT2D eigenvalue weighted by Crippen LogP contribution is 2.37. The SMILES string of the molecule is CCc1onc(C)c1[C@H]1CCCN1C(=O)c1cnn2c(C(F)F)cc(-c3ccccc3)nc12. The van der Waals surface area contributed by atoms with Crippen molar-refractivity contribution < 1.29 is 18.1 Å². The average molecular weight is 451 g/mol. The second-order valence-corrected chi connectivity index (χ2v) is 8.14. The van der Waals surface area contributed by atoms with Gasteiger partial charge in [-0.05, 0) is 25.8 Å². The lowest BCUT2D eigenvalue weighted by molar-refractivity contribution is 0.0736. The molecule has 33 heavy (non-hydrogen) atoms. The van der Waals surface area contributed by atoms with Gasteiger partial charge in [-0.25, -0.2) is 18.3 Å². The smallest absolute Gasteiger partial charge is 0.280 e. The fourth-order valence-electron chi connectivity index (χ4n) is 4.62. The van der Waals surface area contributed by atoms with Gasteiger partial charge in [0.1, 0.15) is 17.0 Å². The maximum absolute atomic E-state index is 13.9. The molecule has 3 aromatic heterocycles. The maximum Gasteiger partial charge on any atom is 0.280 e. The van der Waals surface area contributed by atoms with E-state index in [4.69, 9.17) is 4.52 Å². The maximum atomic E-state index is 13.9. The van der Waals surface area contributed by atoms with Gasteiger partial charge in [0.2, 0.25) is 0 Å². The summed E-state index contributed by atoms with van der Waals surface area (Å²) in [5, 5.41) is 8.19. The van der Waals surface area contributed by atoms with Crippen LogP contribution in [0.1, 0.15) is 65.3 Å². The van der Waals surface area contributed by atoms with Gasteiger partial charge in [0, 0.05) is 24.1 Å². The second kappa shape index (κ2) is 8.38. The number of aromatic nitrogens is 4. The van der Waals surface area contributed by atoms with E-state index in [-0.39, 0.29) is 28.9 Å². The lowest BCUT2D eigenvalue weighted by Gasteiger charge is -2.24. The van der Waals surface area contributed by atoms with Crippen LogP contribution in [0.25, 0.3) is 16.9 Å². The topological polar surface area (TPSA) is 76.5 Å².